The number of benzene rings is 2. The standard InChI is InChI=1S/C21H22ClN3O3/c1-13(2)25(11-14-5-4-6-15(22)9-14)12-19(26)23-16-7-8-17-18(10-16)21(28)24(3)20(17)27/h4-10,13H,11-12H2,1-3H3,(H,23,26). The zero-order valence-corrected chi connectivity index (χ0v) is 16.8. The maximum absolute atomic E-state index is 12.6. The fourth-order valence-corrected chi connectivity index (χ4v) is 3.33. The summed E-state index contributed by atoms with van der Waals surface area (Å²) < 4.78 is 0. The normalized spacial score (nSPS) is 13.4. The summed E-state index contributed by atoms with van der Waals surface area (Å²) in [7, 11) is 1.44. The van der Waals surface area contributed by atoms with Crippen LogP contribution in [0.1, 0.15) is 40.1 Å². The van der Waals surface area contributed by atoms with E-state index in [0.717, 1.165) is 10.5 Å². The van der Waals surface area contributed by atoms with Crippen LogP contribution in [0.15, 0.2) is 42.5 Å². The summed E-state index contributed by atoms with van der Waals surface area (Å²) >= 11 is 6.05. The summed E-state index contributed by atoms with van der Waals surface area (Å²) in [5.41, 5.74) is 2.19. The predicted octanol–water partition coefficient (Wildman–Crippen LogP) is 3.41. The van der Waals surface area contributed by atoms with Crippen LogP contribution in [-0.2, 0) is 11.3 Å². The van der Waals surface area contributed by atoms with Crippen LogP contribution in [0.2, 0.25) is 5.02 Å². The van der Waals surface area contributed by atoms with Gasteiger partial charge < -0.3 is 5.32 Å². The molecule has 2 aromatic rings. The maximum Gasteiger partial charge on any atom is 0.261 e. The molecule has 3 rings (SSSR count). The molecule has 0 fully saturated rings. The van der Waals surface area contributed by atoms with E-state index < -0.39 is 0 Å². The zero-order chi connectivity index (χ0) is 20.4. The lowest BCUT2D eigenvalue weighted by Gasteiger charge is -2.26. The first-order chi connectivity index (χ1) is 13.3. The smallest absolute Gasteiger partial charge is 0.261 e. The van der Waals surface area contributed by atoms with E-state index in [1.807, 2.05) is 43.0 Å². The molecule has 0 aliphatic carbocycles. The van der Waals surface area contributed by atoms with Gasteiger partial charge in [0.15, 0.2) is 0 Å². The number of halogens is 1. The van der Waals surface area contributed by atoms with Crippen LogP contribution < -0.4 is 5.32 Å². The van der Waals surface area contributed by atoms with E-state index in [9.17, 15) is 14.4 Å². The summed E-state index contributed by atoms with van der Waals surface area (Å²) in [4.78, 5) is 39.7. The molecule has 0 bridgehead atoms. The van der Waals surface area contributed by atoms with Crippen molar-refractivity contribution in [2.75, 3.05) is 18.9 Å². The lowest BCUT2D eigenvalue weighted by atomic mass is 10.1. The van der Waals surface area contributed by atoms with Crippen molar-refractivity contribution in [1.82, 2.24) is 9.80 Å². The first-order valence-electron chi connectivity index (χ1n) is 9.01. The lowest BCUT2D eigenvalue weighted by molar-refractivity contribution is -0.117. The number of carbonyl (C=O) groups is 3. The Morgan fingerprint density at radius 2 is 1.82 bits per heavy atom. The Kier molecular flexibility index (Phi) is 5.82. The fourth-order valence-electron chi connectivity index (χ4n) is 3.11. The number of anilines is 1. The van der Waals surface area contributed by atoms with Gasteiger partial charge in [-0.25, -0.2) is 0 Å². The molecule has 0 aromatic heterocycles. The van der Waals surface area contributed by atoms with Crippen molar-refractivity contribution >= 4 is 35.0 Å². The molecule has 0 atom stereocenters. The van der Waals surface area contributed by atoms with E-state index in [0.29, 0.717) is 28.4 Å². The number of hydrogen-bond acceptors (Lipinski definition) is 4. The molecule has 1 heterocycles. The quantitative estimate of drug-likeness (QED) is 0.755. The van der Waals surface area contributed by atoms with E-state index in [-0.39, 0.29) is 30.3 Å². The van der Waals surface area contributed by atoms with Crippen LogP contribution >= 0.6 is 11.6 Å². The molecule has 28 heavy (non-hydrogen) atoms. The Morgan fingerprint density at radius 3 is 2.50 bits per heavy atom. The van der Waals surface area contributed by atoms with Gasteiger partial charge in [0, 0.05) is 30.3 Å². The molecule has 0 radical (unpaired) electrons. The van der Waals surface area contributed by atoms with Crippen molar-refractivity contribution in [3.05, 3.63) is 64.2 Å². The maximum atomic E-state index is 12.6. The van der Waals surface area contributed by atoms with Crippen molar-refractivity contribution in [1.29, 1.82) is 0 Å². The number of nitrogens with zero attached hydrogens (tertiary/aromatic N) is 2. The van der Waals surface area contributed by atoms with Crippen LogP contribution in [0.5, 0.6) is 0 Å². The molecule has 6 nitrogen and oxygen atoms in total. The van der Waals surface area contributed by atoms with Crippen molar-refractivity contribution in [2.24, 2.45) is 0 Å². The van der Waals surface area contributed by atoms with E-state index in [2.05, 4.69) is 5.32 Å². The molecule has 1 aliphatic rings. The highest BCUT2D eigenvalue weighted by atomic mass is 35.5. The topological polar surface area (TPSA) is 69.7 Å². The molecule has 1 aliphatic heterocycles. The van der Waals surface area contributed by atoms with Crippen LogP contribution in [0, 0.1) is 0 Å². The first kappa shape index (κ1) is 20.0. The van der Waals surface area contributed by atoms with E-state index in [1.165, 1.54) is 7.05 Å². The van der Waals surface area contributed by atoms with Gasteiger partial charge in [-0.05, 0) is 49.7 Å². The van der Waals surface area contributed by atoms with Gasteiger partial charge in [-0.2, -0.15) is 0 Å². The molecular weight excluding hydrogens is 378 g/mol. The largest absolute Gasteiger partial charge is 0.325 e. The average molecular weight is 400 g/mol. The molecule has 2 aromatic carbocycles. The number of rotatable bonds is 6. The van der Waals surface area contributed by atoms with Crippen LogP contribution in [0.4, 0.5) is 5.69 Å². The third-order valence-electron chi connectivity index (χ3n) is 4.73. The summed E-state index contributed by atoms with van der Waals surface area (Å²) in [6, 6.07) is 12.5. The van der Waals surface area contributed by atoms with Gasteiger partial charge in [0.25, 0.3) is 11.8 Å². The Balaban J connectivity index is 1.69. The third kappa shape index (κ3) is 4.24. The molecule has 1 N–H and O–H groups in total. The monoisotopic (exact) mass is 399 g/mol. The van der Waals surface area contributed by atoms with Gasteiger partial charge in [-0.1, -0.05) is 23.7 Å². The van der Waals surface area contributed by atoms with Gasteiger partial charge in [0.2, 0.25) is 5.91 Å². The molecular formula is C21H22ClN3O3. The molecule has 146 valence electrons. The third-order valence-corrected chi connectivity index (χ3v) is 4.96. The minimum Gasteiger partial charge on any atom is -0.325 e. The van der Waals surface area contributed by atoms with E-state index in [1.54, 1.807) is 18.2 Å². The van der Waals surface area contributed by atoms with Gasteiger partial charge in [-0.3, -0.25) is 24.2 Å². The second kappa shape index (κ2) is 8.12. The van der Waals surface area contributed by atoms with Gasteiger partial charge in [0.1, 0.15) is 0 Å². The number of imide groups is 1. The number of nitrogens with one attached hydrogen (secondary N) is 1. The summed E-state index contributed by atoms with van der Waals surface area (Å²) in [5.74, 6) is -0.882. The second-order valence-corrected chi connectivity index (χ2v) is 7.54. The predicted molar refractivity (Wildman–Crippen MR) is 108 cm³/mol. The molecule has 0 unspecified atom stereocenters. The van der Waals surface area contributed by atoms with Crippen LogP contribution in [0.3, 0.4) is 0 Å². The van der Waals surface area contributed by atoms with Crippen LogP contribution in [-0.4, -0.2) is 47.2 Å². The Morgan fingerprint density at radius 1 is 1.11 bits per heavy atom. The number of carbonyl (C=O) groups excluding carboxylic acids is 3. The number of fused-ring (bicyclic) bond motifs is 1. The summed E-state index contributed by atoms with van der Waals surface area (Å²) in [6.45, 7) is 4.82. The zero-order valence-electron chi connectivity index (χ0n) is 16.0. The van der Waals surface area contributed by atoms with Crippen LogP contribution in [0.25, 0.3) is 0 Å². The minimum absolute atomic E-state index is 0.151. The highest BCUT2D eigenvalue weighted by molar-refractivity contribution is 6.30. The highest BCUT2D eigenvalue weighted by Gasteiger charge is 2.32. The highest BCUT2D eigenvalue weighted by Crippen LogP contribution is 2.24. The Labute approximate surface area is 169 Å². The van der Waals surface area contributed by atoms with E-state index in [4.69, 9.17) is 11.6 Å². The van der Waals surface area contributed by atoms with Crippen molar-refractivity contribution < 1.29 is 14.4 Å². The van der Waals surface area contributed by atoms with Gasteiger partial charge >= 0.3 is 0 Å². The summed E-state index contributed by atoms with van der Waals surface area (Å²) in [6.07, 6.45) is 0. The molecule has 0 saturated heterocycles. The molecule has 0 saturated carbocycles. The molecule has 7 heteroatoms. The van der Waals surface area contributed by atoms with Gasteiger partial charge in [0.05, 0.1) is 17.7 Å². The molecule has 0 spiro atoms. The van der Waals surface area contributed by atoms with Crippen molar-refractivity contribution in [3.8, 4) is 0 Å². The average Bonchev–Trinajstić information content (AvgIpc) is 2.85. The molecule has 3 amide bonds. The number of amides is 3. The lowest BCUT2D eigenvalue weighted by Crippen LogP contribution is -2.37. The fraction of sp³-hybridized carbons (Fsp3) is 0.286. The minimum atomic E-state index is -0.360. The summed E-state index contributed by atoms with van der Waals surface area (Å²) in [5, 5.41) is 3.48. The second-order valence-electron chi connectivity index (χ2n) is 7.11. The van der Waals surface area contributed by atoms with Gasteiger partial charge in [-0.15, -0.1) is 0 Å². The van der Waals surface area contributed by atoms with E-state index >= 15 is 0 Å². The Hall–Kier alpha value is -2.70. The van der Waals surface area contributed by atoms with Crippen molar-refractivity contribution in [3.63, 3.8) is 0 Å². The SMILES string of the molecule is CC(C)N(CC(=O)Nc1ccc2c(c1)C(=O)N(C)C2=O)Cc1cccc(Cl)c1. The van der Waals surface area contributed by atoms with Crippen molar-refractivity contribution in [2.45, 2.75) is 26.4 Å². The number of hydrogen-bond donors (Lipinski definition) is 1. The Bertz CT molecular complexity index is 942. The first-order valence-corrected chi connectivity index (χ1v) is 9.39.